The van der Waals surface area contributed by atoms with Gasteiger partial charge in [-0.2, -0.15) is 0 Å². The van der Waals surface area contributed by atoms with Crippen LogP contribution in [0, 0.1) is 17.2 Å². The third-order valence-electron chi connectivity index (χ3n) is 5.53. The van der Waals surface area contributed by atoms with Gasteiger partial charge in [-0.05, 0) is 43.2 Å². The zero-order chi connectivity index (χ0) is 14.7. The minimum atomic E-state index is -2.60. The molecule has 0 aliphatic heterocycles. The second-order valence-corrected chi connectivity index (χ2v) is 6.82. The predicted molar refractivity (Wildman–Crippen MR) is 73.2 cm³/mol. The van der Waals surface area contributed by atoms with Crippen molar-refractivity contribution in [2.45, 2.75) is 50.4 Å². The van der Waals surface area contributed by atoms with Gasteiger partial charge >= 0.3 is 0 Å². The molecule has 0 heterocycles. The lowest BCUT2D eigenvalue weighted by molar-refractivity contribution is 0.0368. The standard InChI is InChI=1S/C17H19F3O/c18-12-6-7-13(11-4-5-11)14(9-12)21-10-16-8-2-1-3-15(16)17(16,19)20/h6-7,9,11,15H,1-5,8,10H2. The van der Waals surface area contributed by atoms with Gasteiger partial charge in [0.1, 0.15) is 18.2 Å². The molecule has 3 aliphatic rings. The van der Waals surface area contributed by atoms with E-state index in [1.54, 1.807) is 6.07 Å². The number of alkyl halides is 2. The topological polar surface area (TPSA) is 9.23 Å². The average molecular weight is 296 g/mol. The molecule has 4 rings (SSSR count). The fourth-order valence-corrected chi connectivity index (χ4v) is 4.02. The molecule has 1 aromatic rings. The monoisotopic (exact) mass is 296 g/mol. The molecule has 0 N–H and O–H groups in total. The smallest absolute Gasteiger partial charge is 0.261 e. The van der Waals surface area contributed by atoms with Crippen molar-refractivity contribution in [3.63, 3.8) is 0 Å². The first kappa shape index (κ1) is 13.5. The van der Waals surface area contributed by atoms with Gasteiger partial charge in [-0.3, -0.25) is 0 Å². The molecule has 0 radical (unpaired) electrons. The summed E-state index contributed by atoms with van der Waals surface area (Å²) in [5, 5.41) is 0. The maximum absolute atomic E-state index is 14.1. The van der Waals surface area contributed by atoms with Crippen LogP contribution in [0.5, 0.6) is 5.75 Å². The molecule has 3 aliphatic carbocycles. The molecule has 1 nitrogen and oxygen atoms in total. The minimum absolute atomic E-state index is 0.0217. The van der Waals surface area contributed by atoms with E-state index < -0.39 is 17.3 Å². The summed E-state index contributed by atoms with van der Waals surface area (Å²) in [7, 11) is 0. The number of ether oxygens (including phenoxy) is 1. The summed E-state index contributed by atoms with van der Waals surface area (Å²) >= 11 is 0. The van der Waals surface area contributed by atoms with Crippen LogP contribution in [0.2, 0.25) is 0 Å². The Bertz CT molecular complexity index is 567. The van der Waals surface area contributed by atoms with E-state index in [2.05, 4.69) is 0 Å². The summed E-state index contributed by atoms with van der Waals surface area (Å²) in [6, 6.07) is 4.51. The Kier molecular flexibility index (Phi) is 2.82. The van der Waals surface area contributed by atoms with E-state index in [1.165, 1.54) is 12.1 Å². The average Bonchev–Trinajstić information content (AvgIpc) is 3.36. The first-order chi connectivity index (χ1) is 10.0. The Labute approximate surface area is 122 Å². The highest BCUT2D eigenvalue weighted by Crippen LogP contribution is 2.72. The molecular weight excluding hydrogens is 277 g/mol. The molecule has 2 unspecified atom stereocenters. The Hall–Kier alpha value is -1.19. The van der Waals surface area contributed by atoms with E-state index in [9.17, 15) is 13.2 Å². The normalized spacial score (nSPS) is 33.4. The summed E-state index contributed by atoms with van der Waals surface area (Å²) in [5.41, 5.74) is -0.0117. The second kappa shape index (κ2) is 4.40. The lowest BCUT2D eigenvalue weighted by Crippen LogP contribution is -2.22. The van der Waals surface area contributed by atoms with E-state index >= 15 is 0 Å². The molecule has 3 fully saturated rings. The van der Waals surface area contributed by atoms with Gasteiger partial charge < -0.3 is 4.74 Å². The summed E-state index contributed by atoms with van der Waals surface area (Å²) < 4.78 is 47.3. The highest BCUT2D eigenvalue weighted by Gasteiger charge is 2.80. The summed E-state index contributed by atoms with van der Waals surface area (Å²) in [4.78, 5) is 0. The summed E-state index contributed by atoms with van der Waals surface area (Å²) in [6.07, 6.45) is 4.99. The van der Waals surface area contributed by atoms with Crippen LogP contribution < -0.4 is 4.74 Å². The van der Waals surface area contributed by atoms with Crippen molar-refractivity contribution < 1.29 is 17.9 Å². The lowest BCUT2D eigenvalue weighted by Gasteiger charge is -2.21. The van der Waals surface area contributed by atoms with Gasteiger partial charge in [0.25, 0.3) is 5.92 Å². The van der Waals surface area contributed by atoms with E-state index in [-0.39, 0.29) is 12.4 Å². The van der Waals surface area contributed by atoms with Gasteiger partial charge in [0.2, 0.25) is 0 Å². The van der Waals surface area contributed by atoms with Crippen molar-refractivity contribution in [1.82, 2.24) is 0 Å². The number of benzene rings is 1. The van der Waals surface area contributed by atoms with E-state index in [0.29, 0.717) is 24.5 Å². The van der Waals surface area contributed by atoms with E-state index in [4.69, 9.17) is 4.74 Å². The molecule has 2 atom stereocenters. The van der Waals surface area contributed by atoms with Crippen LogP contribution >= 0.6 is 0 Å². The quantitative estimate of drug-likeness (QED) is 0.767. The molecule has 0 amide bonds. The van der Waals surface area contributed by atoms with Crippen LogP contribution in [0.4, 0.5) is 13.2 Å². The van der Waals surface area contributed by atoms with Crippen LogP contribution in [0.1, 0.15) is 50.0 Å². The van der Waals surface area contributed by atoms with E-state index in [0.717, 1.165) is 31.2 Å². The molecule has 0 aromatic heterocycles. The van der Waals surface area contributed by atoms with Gasteiger partial charge in [-0.15, -0.1) is 0 Å². The maximum Gasteiger partial charge on any atom is 0.261 e. The second-order valence-electron chi connectivity index (χ2n) is 6.82. The predicted octanol–water partition coefficient (Wildman–Crippen LogP) is 4.91. The van der Waals surface area contributed by atoms with Crippen LogP contribution in [0.25, 0.3) is 0 Å². The highest BCUT2D eigenvalue weighted by atomic mass is 19.3. The number of hydrogen-bond acceptors (Lipinski definition) is 1. The number of hydrogen-bond donors (Lipinski definition) is 0. The van der Waals surface area contributed by atoms with Crippen LogP contribution in [-0.2, 0) is 0 Å². The Balaban J connectivity index is 1.54. The molecule has 3 saturated carbocycles. The molecular formula is C17H19F3O. The Morgan fingerprint density at radius 1 is 1.14 bits per heavy atom. The van der Waals surface area contributed by atoms with Gasteiger partial charge in [0, 0.05) is 12.0 Å². The van der Waals surface area contributed by atoms with Crippen molar-refractivity contribution in [3.05, 3.63) is 29.6 Å². The first-order valence-electron chi connectivity index (χ1n) is 7.85. The Morgan fingerprint density at radius 2 is 1.95 bits per heavy atom. The summed E-state index contributed by atoms with van der Waals surface area (Å²) in [5.74, 6) is -2.61. The maximum atomic E-state index is 14.1. The number of rotatable bonds is 4. The Morgan fingerprint density at radius 3 is 2.67 bits per heavy atom. The molecule has 21 heavy (non-hydrogen) atoms. The van der Waals surface area contributed by atoms with Crippen molar-refractivity contribution in [2.24, 2.45) is 11.3 Å². The molecule has 0 bridgehead atoms. The van der Waals surface area contributed by atoms with Crippen molar-refractivity contribution in [2.75, 3.05) is 6.61 Å². The first-order valence-corrected chi connectivity index (χ1v) is 7.85. The van der Waals surface area contributed by atoms with Crippen molar-refractivity contribution >= 4 is 0 Å². The number of halogens is 3. The molecule has 114 valence electrons. The zero-order valence-electron chi connectivity index (χ0n) is 11.9. The minimum Gasteiger partial charge on any atom is -0.492 e. The molecule has 4 heteroatoms. The zero-order valence-corrected chi connectivity index (χ0v) is 11.9. The third-order valence-corrected chi connectivity index (χ3v) is 5.53. The van der Waals surface area contributed by atoms with Gasteiger partial charge in [0.15, 0.2) is 0 Å². The van der Waals surface area contributed by atoms with Gasteiger partial charge in [0.05, 0.1) is 5.41 Å². The van der Waals surface area contributed by atoms with Crippen molar-refractivity contribution in [1.29, 1.82) is 0 Å². The highest BCUT2D eigenvalue weighted by molar-refractivity contribution is 5.39. The van der Waals surface area contributed by atoms with E-state index in [1.807, 2.05) is 0 Å². The SMILES string of the molecule is Fc1ccc(C2CC2)c(OCC23CCCCC2C3(F)F)c1. The molecule has 0 saturated heterocycles. The largest absolute Gasteiger partial charge is 0.492 e. The van der Waals surface area contributed by atoms with Crippen LogP contribution in [0.15, 0.2) is 18.2 Å². The summed E-state index contributed by atoms with van der Waals surface area (Å²) in [6.45, 7) is 0.0217. The number of fused-ring (bicyclic) bond motifs is 1. The molecule has 1 aromatic carbocycles. The van der Waals surface area contributed by atoms with Crippen LogP contribution in [-0.4, -0.2) is 12.5 Å². The van der Waals surface area contributed by atoms with Crippen molar-refractivity contribution in [3.8, 4) is 5.75 Å². The fraction of sp³-hybridized carbons (Fsp3) is 0.647. The van der Waals surface area contributed by atoms with Crippen LogP contribution in [0.3, 0.4) is 0 Å². The molecule has 0 spiro atoms. The fourth-order valence-electron chi connectivity index (χ4n) is 4.02. The lowest BCUT2D eigenvalue weighted by atomic mass is 9.89. The third kappa shape index (κ3) is 1.98. The van der Waals surface area contributed by atoms with Gasteiger partial charge in [-0.25, -0.2) is 13.2 Å². The van der Waals surface area contributed by atoms with Gasteiger partial charge in [-0.1, -0.05) is 18.9 Å².